The number of ether oxygens (including phenoxy) is 2. The van der Waals surface area contributed by atoms with Crippen molar-refractivity contribution < 1.29 is 14.3 Å². The summed E-state index contributed by atoms with van der Waals surface area (Å²) < 4.78 is 11.1. The number of hydrogen-bond donors (Lipinski definition) is 2. The van der Waals surface area contributed by atoms with Crippen LogP contribution in [0.25, 0.3) is 11.4 Å². The summed E-state index contributed by atoms with van der Waals surface area (Å²) in [4.78, 5) is 23.4. The first-order valence-electron chi connectivity index (χ1n) is 10.2. The molecule has 29 heavy (non-hydrogen) atoms. The Hall–Kier alpha value is -2.71. The van der Waals surface area contributed by atoms with Gasteiger partial charge in [-0.05, 0) is 31.2 Å². The Labute approximate surface area is 171 Å². The number of nitrogens with zero attached hydrogens (tertiary/aromatic N) is 3. The van der Waals surface area contributed by atoms with E-state index in [1.165, 1.54) is 0 Å². The molecule has 1 aromatic carbocycles. The molecule has 156 valence electrons. The number of carbonyl (C=O) groups is 1. The highest BCUT2D eigenvalue weighted by Crippen LogP contribution is 2.31. The Kier molecular flexibility index (Phi) is 7.37. The van der Waals surface area contributed by atoms with Gasteiger partial charge in [-0.2, -0.15) is 0 Å². The molecule has 0 aliphatic carbocycles. The SMILES string of the molecule is CC.CCNC(=O)Nc1ccc(-c2nc3c(c(N4CCOCC4)n2)COC3)cc1. The number of fused-ring (bicyclic) bond motifs is 1. The second kappa shape index (κ2) is 10.2. The summed E-state index contributed by atoms with van der Waals surface area (Å²) in [7, 11) is 0. The van der Waals surface area contributed by atoms with Crippen molar-refractivity contribution in [2.75, 3.05) is 43.1 Å². The number of aromatic nitrogens is 2. The topological polar surface area (TPSA) is 88.6 Å². The number of benzene rings is 1. The molecule has 0 bridgehead atoms. The minimum absolute atomic E-state index is 0.217. The van der Waals surface area contributed by atoms with Crippen molar-refractivity contribution in [3.05, 3.63) is 35.5 Å². The minimum Gasteiger partial charge on any atom is -0.378 e. The van der Waals surface area contributed by atoms with Crippen molar-refractivity contribution in [3.8, 4) is 11.4 Å². The average molecular weight is 399 g/mol. The van der Waals surface area contributed by atoms with Gasteiger partial charge in [-0.3, -0.25) is 0 Å². The largest absolute Gasteiger partial charge is 0.378 e. The van der Waals surface area contributed by atoms with Gasteiger partial charge in [-0.1, -0.05) is 13.8 Å². The van der Waals surface area contributed by atoms with Gasteiger partial charge in [-0.25, -0.2) is 14.8 Å². The molecule has 1 saturated heterocycles. The molecule has 3 heterocycles. The van der Waals surface area contributed by atoms with Crippen molar-refractivity contribution >= 4 is 17.5 Å². The molecular formula is C21H29N5O3. The van der Waals surface area contributed by atoms with Gasteiger partial charge >= 0.3 is 6.03 Å². The predicted octanol–water partition coefficient (Wildman–Crippen LogP) is 3.18. The van der Waals surface area contributed by atoms with Gasteiger partial charge in [-0.15, -0.1) is 0 Å². The normalized spacial score (nSPS) is 15.2. The van der Waals surface area contributed by atoms with Crippen LogP contribution in [0, 0.1) is 0 Å². The molecule has 0 atom stereocenters. The van der Waals surface area contributed by atoms with Gasteiger partial charge in [0.25, 0.3) is 0 Å². The summed E-state index contributed by atoms with van der Waals surface area (Å²) in [5.74, 6) is 1.62. The molecular weight excluding hydrogens is 370 g/mol. The molecule has 4 rings (SSSR count). The highest BCUT2D eigenvalue weighted by Gasteiger charge is 2.25. The number of urea groups is 1. The van der Waals surface area contributed by atoms with Gasteiger partial charge in [0.1, 0.15) is 5.82 Å². The van der Waals surface area contributed by atoms with E-state index in [2.05, 4.69) is 15.5 Å². The van der Waals surface area contributed by atoms with Crippen LogP contribution in [0.2, 0.25) is 0 Å². The Balaban J connectivity index is 0.00000117. The van der Waals surface area contributed by atoms with Gasteiger partial charge < -0.3 is 25.0 Å². The van der Waals surface area contributed by atoms with E-state index in [-0.39, 0.29) is 6.03 Å². The van der Waals surface area contributed by atoms with Crippen LogP contribution >= 0.6 is 0 Å². The number of anilines is 2. The monoisotopic (exact) mass is 399 g/mol. The summed E-state index contributed by atoms with van der Waals surface area (Å²) in [6, 6.07) is 7.33. The maximum absolute atomic E-state index is 11.6. The smallest absolute Gasteiger partial charge is 0.319 e. The standard InChI is InChI=1S/C19H23N5O3.C2H6/c1-2-20-19(25)21-14-5-3-13(4-6-14)17-22-16-12-27-11-15(16)18(23-17)24-7-9-26-10-8-24;1-2/h3-6H,2,7-12H2,1H3,(H2,20,21,25);1-2H3. The minimum atomic E-state index is -0.217. The number of nitrogens with one attached hydrogen (secondary N) is 2. The van der Waals surface area contributed by atoms with E-state index in [0.29, 0.717) is 38.8 Å². The van der Waals surface area contributed by atoms with E-state index in [4.69, 9.17) is 19.4 Å². The van der Waals surface area contributed by atoms with Crippen LogP contribution in [0.5, 0.6) is 0 Å². The summed E-state index contributed by atoms with van der Waals surface area (Å²) >= 11 is 0. The summed E-state index contributed by atoms with van der Waals surface area (Å²) in [6.45, 7) is 10.6. The molecule has 8 nitrogen and oxygen atoms in total. The van der Waals surface area contributed by atoms with Gasteiger partial charge in [0, 0.05) is 36.4 Å². The molecule has 1 fully saturated rings. The van der Waals surface area contributed by atoms with Crippen molar-refractivity contribution in [2.24, 2.45) is 0 Å². The van der Waals surface area contributed by atoms with Gasteiger partial charge in [0.15, 0.2) is 5.82 Å². The van der Waals surface area contributed by atoms with Crippen LogP contribution in [0.1, 0.15) is 32.0 Å². The Bertz CT molecular complexity index is 820. The molecule has 0 spiro atoms. The lowest BCUT2D eigenvalue weighted by atomic mass is 10.1. The van der Waals surface area contributed by atoms with E-state index in [9.17, 15) is 4.79 Å². The van der Waals surface area contributed by atoms with Crippen molar-refractivity contribution in [1.29, 1.82) is 0 Å². The Morgan fingerprint density at radius 3 is 2.48 bits per heavy atom. The number of amides is 2. The first-order valence-corrected chi connectivity index (χ1v) is 10.2. The first-order chi connectivity index (χ1) is 14.2. The summed E-state index contributed by atoms with van der Waals surface area (Å²) in [5.41, 5.74) is 3.66. The Morgan fingerprint density at radius 1 is 1.07 bits per heavy atom. The van der Waals surface area contributed by atoms with Gasteiger partial charge in [0.2, 0.25) is 0 Å². The fraction of sp³-hybridized carbons (Fsp3) is 0.476. The molecule has 0 saturated carbocycles. The third-order valence-corrected chi connectivity index (χ3v) is 4.61. The maximum Gasteiger partial charge on any atom is 0.319 e. The molecule has 0 radical (unpaired) electrons. The molecule has 0 unspecified atom stereocenters. The molecule has 1 aromatic heterocycles. The zero-order valence-electron chi connectivity index (χ0n) is 17.3. The Morgan fingerprint density at radius 2 is 1.79 bits per heavy atom. The van der Waals surface area contributed by atoms with Crippen LogP contribution in [0.15, 0.2) is 24.3 Å². The van der Waals surface area contributed by atoms with E-state index < -0.39 is 0 Å². The van der Waals surface area contributed by atoms with Crippen molar-refractivity contribution in [2.45, 2.75) is 34.0 Å². The van der Waals surface area contributed by atoms with Crippen LogP contribution < -0.4 is 15.5 Å². The van der Waals surface area contributed by atoms with E-state index in [0.717, 1.165) is 41.4 Å². The molecule has 8 heteroatoms. The van der Waals surface area contributed by atoms with Gasteiger partial charge in [0.05, 0.1) is 32.1 Å². The van der Waals surface area contributed by atoms with E-state index in [1.807, 2.05) is 45.0 Å². The van der Waals surface area contributed by atoms with Crippen molar-refractivity contribution in [3.63, 3.8) is 0 Å². The third-order valence-electron chi connectivity index (χ3n) is 4.61. The second-order valence-electron chi connectivity index (χ2n) is 6.45. The fourth-order valence-electron chi connectivity index (χ4n) is 3.24. The lowest BCUT2D eigenvalue weighted by Gasteiger charge is -2.29. The molecule has 2 aliphatic rings. The number of morpholine rings is 1. The van der Waals surface area contributed by atoms with Crippen LogP contribution in [0.4, 0.5) is 16.3 Å². The first kappa shape index (κ1) is 21.0. The van der Waals surface area contributed by atoms with Crippen molar-refractivity contribution in [1.82, 2.24) is 15.3 Å². The third kappa shape index (κ3) is 5.02. The molecule has 2 aromatic rings. The van der Waals surface area contributed by atoms with Crippen LogP contribution in [-0.2, 0) is 22.7 Å². The quantitative estimate of drug-likeness (QED) is 0.821. The van der Waals surface area contributed by atoms with E-state index in [1.54, 1.807) is 0 Å². The zero-order chi connectivity index (χ0) is 20.6. The fourth-order valence-corrected chi connectivity index (χ4v) is 3.24. The molecule has 2 aliphatic heterocycles. The van der Waals surface area contributed by atoms with Crippen LogP contribution in [-0.4, -0.2) is 48.8 Å². The van der Waals surface area contributed by atoms with E-state index >= 15 is 0 Å². The number of carbonyl (C=O) groups excluding carboxylic acids is 1. The average Bonchev–Trinajstić information content (AvgIpc) is 3.24. The molecule has 2 N–H and O–H groups in total. The predicted molar refractivity (Wildman–Crippen MR) is 113 cm³/mol. The highest BCUT2D eigenvalue weighted by molar-refractivity contribution is 5.89. The zero-order valence-corrected chi connectivity index (χ0v) is 17.3. The highest BCUT2D eigenvalue weighted by atomic mass is 16.5. The second-order valence-corrected chi connectivity index (χ2v) is 6.45. The lowest BCUT2D eigenvalue weighted by molar-refractivity contribution is 0.121. The number of rotatable bonds is 4. The summed E-state index contributed by atoms with van der Waals surface area (Å²) in [5, 5.41) is 5.50. The molecule has 2 amide bonds. The summed E-state index contributed by atoms with van der Waals surface area (Å²) in [6.07, 6.45) is 0. The number of hydrogen-bond acceptors (Lipinski definition) is 6. The maximum atomic E-state index is 11.6. The van der Waals surface area contributed by atoms with Crippen LogP contribution in [0.3, 0.4) is 0 Å². The lowest BCUT2D eigenvalue weighted by Crippen LogP contribution is -2.37.